The number of rotatable bonds is 7. The summed E-state index contributed by atoms with van der Waals surface area (Å²) in [7, 11) is 0. The van der Waals surface area contributed by atoms with Gasteiger partial charge in [-0.25, -0.2) is 14.7 Å². The van der Waals surface area contributed by atoms with Crippen LogP contribution in [0.3, 0.4) is 0 Å². The summed E-state index contributed by atoms with van der Waals surface area (Å²) in [5, 5.41) is 20.3. The molecule has 0 aliphatic rings. The van der Waals surface area contributed by atoms with Crippen LogP contribution >= 0.6 is 0 Å². The van der Waals surface area contributed by atoms with Gasteiger partial charge in [0.05, 0.1) is 0 Å². The van der Waals surface area contributed by atoms with Crippen molar-refractivity contribution in [3.05, 3.63) is 71.6 Å². The Morgan fingerprint density at radius 1 is 1.17 bits per heavy atom. The summed E-state index contributed by atoms with van der Waals surface area (Å²) >= 11 is 0. The number of hydroxylamine groups is 1. The predicted octanol–water partition coefficient (Wildman–Crippen LogP) is 3.48. The van der Waals surface area contributed by atoms with Crippen molar-refractivity contribution in [1.29, 1.82) is 0 Å². The lowest BCUT2D eigenvalue weighted by atomic mass is 10.1. The lowest BCUT2D eigenvalue weighted by Crippen LogP contribution is -2.18. The van der Waals surface area contributed by atoms with Gasteiger partial charge in [-0.1, -0.05) is 12.1 Å². The molecule has 29 heavy (non-hydrogen) atoms. The van der Waals surface area contributed by atoms with E-state index in [0.717, 1.165) is 18.2 Å². The largest absolute Gasteiger partial charge is 0.505 e. The molecule has 0 heterocycles. The van der Waals surface area contributed by atoms with Gasteiger partial charge in [0.1, 0.15) is 6.10 Å². The summed E-state index contributed by atoms with van der Waals surface area (Å²) in [5.74, 6) is -2.35. The molecule has 0 aliphatic heterocycles. The second kappa shape index (κ2) is 10.00. The number of benzene rings is 2. The molecule has 0 bridgehead atoms. The van der Waals surface area contributed by atoms with Crippen LogP contribution < -0.4 is 10.8 Å². The molecular formula is C20H19FN2O6. The van der Waals surface area contributed by atoms with E-state index in [1.165, 1.54) is 36.7 Å². The highest BCUT2D eigenvalue weighted by Crippen LogP contribution is 2.26. The maximum absolute atomic E-state index is 13.7. The Hall–Kier alpha value is -3.72. The highest BCUT2D eigenvalue weighted by molar-refractivity contribution is 5.95. The highest BCUT2D eigenvalue weighted by Gasteiger charge is 2.18. The molecular weight excluding hydrogens is 383 g/mol. The Bertz CT molecular complexity index is 927. The zero-order chi connectivity index (χ0) is 21.4. The van der Waals surface area contributed by atoms with Crippen molar-refractivity contribution in [1.82, 2.24) is 5.48 Å². The first-order valence-corrected chi connectivity index (χ1v) is 8.47. The quantitative estimate of drug-likeness (QED) is 0.243. The van der Waals surface area contributed by atoms with Gasteiger partial charge < -0.3 is 9.84 Å². The van der Waals surface area contributed by atoms with E-state index >= 15 is 0 Å². The van der Waals surface area contributed by atoms with Gasteiger partial charge >= 0.3 is 6.09 Å². The smallest absolute Gasteiger partial charge is 0.412 e. The van der Waals surface area contributed by atoms with Gasteiger partial charge in [0, 0.05) is 23.7 Å². The number of Topliss-reactive ketones (excluding diaryl/α,β-unsaturated/α-hetero) is 1. The van der Waals surface area contributed by atoms with Crippen molar-refractivity contribution < 1.29 is 33.8 Å². The van der Waals surface area contributed by atoms with Crippen LogP contribution in [0.1, 0.15) is 35.4 Å². The molecule has 0 unspecified atom stereocenters. The van der Waals surface area contributed by atoms with Gasteiger partial charge in [-0.05, 0) is 48.9 Å². The lowest BCUT2D eigenvalue weighted by Gasteiger charge is -2.18. The molecule has 2 rings (SSSR count). The van der Waals surface area contributed by atoms with Crippen molar-refractivity contribution in [2.24, 2.45) is 0 Å². The first kappa shape index (κ1) is 21.6. The lowest BCUT2D eigenvalue weighted by molar-refractivity contribution is -0.124. The number of carbonyl (C=O) groups excluding carboxylic acids is 3. The molecule has 4 N–H and O–H groups in total. The van der Waals surface area contributed by atoms with E-state index in [-0.39, 0.29) is 17.8 Å². The predicted molar refractivity (Wildman–Crippen MR) is 101 cm³/mol. The molecule has 0 aromatic heterocycles. The van der Waals surface area contributed by atoms with Crippen LogP contribution in [-0.4, -0.2) is 28.1 Å². The Morgan fingerprint density at radius 3 is 2.45 bits per heavy atom. The third-order valence-corrected chi connectivity index (χ3v) is 3.86. The third kappa shape index (κ3) is 6.43. The van der Waals surface area contributed by atoms with Crippen LogP contribution in [0.5, 0.6) is 5.75 Å². The Labute approximate surface area is 165 Å². The minimum atomic E-state index is -0.982. The van der Waals surface area contributed by atoms with Gasteiger partial charge in [0.25, 0.3) is 5.91 Å². The zero-order valence-corrected chi connectivity index (χ0v) is 15.4. The number of amides is 2. The van der Waals surface area contributed by atoms with Crippen molar-refractivity contribution >= 4 is 23.5 Å². The number of phenolic OH excluding ortho intramolecular Hbond substituents is 1. The molecule has 1 atom stereocenters. The van der Waals surface area contributed by atoms with Crippen molar-refractivity contribution in [2.45, 2.75) is 19.4 Å². The second-order valence-electron chi connectivity index (χ2n) is 5.98. The maximum atomic E-state index is 13.7. The molecule has 0 saturated heterocycles. The number of anilines is 1. The first-order chi connectivity index (χ1) is 13.8. The number of nitrogens with one attached hydrogen (secondary N) is 2. The second-order valence-corrected chi connectivity index (χ2v) is 5.98. The Kier molecular flexibility index (Phi) is 7.44. The molecule has 0 spiro atoms. The Balaban J connectivity index is 2.13. The van der Waals surface area contributed by atoms with E-state index in [0.29, 0.717) is 11.3 Å². The van der Waals surface area contributed by atoms with Crippen LogP contribution in [0, 0.1) is 5.82 Å². The van der Waals surface area contributed by atoms with Gasteiger partial charge in [0.15, 0.2) is 17.3 Å². The number of carbonyl (C=O) groups is 3. The fourth-order valence-electron chi connectivity index (χ4n) is 2.38. The molecule has 0 fully saturated rings. The minimum absolute atomic E-state index is 0.00563. The average molecular weight is 402 g/mol. The van der Waals surface area contributed by atoms with E-state index in [1.54, 1.807) is 12.1 Å². The number of hydrogen-bond acceptors (Lipinski definition) is 6. The monoisotopic (exact) mass is 402 g/mol. The average Bonchev–Trinajstić information content (AvgIpc) is 2.69. The molecule has 0 aliphatic carbocycles. The summed E-state index contributed by atoms with van der Waals surface area (Å²) in [6.07, 6.45) is 0.513. The molecule has 0 radical (unpaired) electrons. The van der Waals surface area contributed by atoms with E-state index in [4.69, 9.17) is 9.94 Å². The molecule has 152 valence electrons. The van der Waals surface area contributed by atoms with Crippen molar-refractivity contribution in [3.63, 3.8) is 0 Å². The molecule has 0 saturated carbocycles. The highest BCUT2D eigenvalue weighted by atomic mass is 19.1. The summed E-state index contributed by atoms with van der Waals surface area (Å²) < 4.78 is 19.0. The fourth-order valence-corrected chi connectivity index (χ4v) is 2.38. The van der Waals surface area contributed by atoms with Crippen LogP contribution in [0.25, 0.3) is 0 Å². The number of halogens is 1. The van der Waals surface area contributed by atoms with E-state index < -0.39 is 29.7 Å². The standard InChI is InChI=1S/C20H19FN2O6/c1-12(24)13-5-8-15(9-6-13)22-20(27)29-18(3-2-4-19(26)23-28)14-7-10-17(25)16(21)11-14/h2,4-11,18,25,28H,3H2,1H3,(H,22,27)(H,23,26)/b4-2+/t18-/m0/s1. The molecule has 2 amide bonds. The summed E-state index contributed by atoms with van der Waals surface area (Å²) in [6.45, 7) is 1.42. The number of ketones is 1. The fraction of sp³-hybridized carbons (Fsp3) is 0.150. The van der Waals surface area contributed by atoms with Crippen LogP contribution in [0.2, 0.25) is 0 Å². The maximum Gasteiger partial charge on any atom is 0.412 e. The SMILES string of the molecule is CC(=O)c1ccc(NC(=O)O[C@@H](C/C=C/C(=O)NO)c2ccc(O)c(F)c2)cc1. The number of aromatic hydroxyl groups is 1. The summed E-state index contributed by atoms with van der Waals surface area (Å²) in [5.41, 5.74) is 2.53. The van der Waals surface area contributed by atoms with Crippen LogP contribution in [0.4, 0.5) is 14.9 Å². The number of phenols is 1. The molecule has 2 aromatic rings. The third-order valence-electron chi connectivity index (χ3n) is 3.86. The van der Waals surface area contributed by atoms with E-state index in [2.05, 4.69) is 5.32 Å². The topological polar surface area (TPSA) is 125 Å². The van der Waals surface area contributed by atoms with Crippen LogP contribution in [0.15, 0.2) is 54.6 Å². The van der Waals surface area contributed by atoms with Crippen molar-refractivity contribution in [3.8, 4) is 5.75 Å². The number of ether oxygens (including phenoxy) is 1. The normalized spacial score (nSPS) is 11.7. The summed E-state index contributed by atoms with van der Waals surface area (Å²) in [4.78, 5) is 34.6. The number of hydrogen-bond donors (Lipinski definition) is 4. The van der Waals surface area contributed by atoms with Gasteiger partial charge in [-0.15, -0.1) is 0 Å². The Morgan fingerprint density at radius 2 is 1.86 bits per heavy atom. The molecule has 8 nitrogen and oxygen atoms in total. The molecule has 2 aromatic carbocycles. The zero-order valence-electron chi connectivity index (χ0n) is 15.4. The van der Waals surface area contributed by atoms with Gasteiger partial charge in [0.2, 0.25) is 0 Å². The minimum Gasteiger partial charge on any atom is -0.505 e. The first-order valence-electron chi connectivity index (χ1n) is 8.47. The van der Waals surface area contributed by atoms with Crippen LogP contribution in [-0.2, 0) is 9.53 Å². The summed E-state index contributed by atoms with van der Waals surface area (Å²) in [6, 6.07) is 9.63. The van der Waals surface area contributed by atoms with E-state index in [9.17, 15) is 23.9 Å². The van der Waals surface area contributed by atoms with Crippen molar-refractivity contribution in [2.75, 3.05) is 5.32 Å². The van der Waals surface area contributed by atoms with E-state index in [1.807, 2.05) is 0 Å². The van der Waals surface area contributed by atoms with Gasteiger partial charge in [-0.3, -0.25) is 20.1 Å². The van der Waals surface area contributed by atoms with Gasteiger partial charge in [-0.2, -0.15) is 0 Å². The molecule has 9 heteroatoms.